The molecule has 0 radical (unpaired) electrons. The van der Waals surface area contributed by atoms with Crippen LogP contribution >= 0.6 is 11.8 Å². The Morgan fingerprint density at radius 1 is 1.04 bits per heavy atom. The van der Waals surface area contributed by atoms with Gasteiger partial charge in [0.15, 0.2) is 9.84 Å². The number of sulfone groups is 1. The van der Waals surface area contributed by atoms with Gasteiger partial charge in [0.2, 0.25) is 0 Å². The molecule has 0 spiro atoms. The summed E-state index contributed by atoms with van der Waals surface area (Å²) in [5.74, 6) is -2.85. The first-order chi connectivity index (χ1) is 21.9. The molecule has 0 aromatic heterocycles. The number of anilines is 2. The fourth-order valence-electron chi connectivity index (χ4n) is 5.87. The van der Waals surface area contributed by atoms with E-state index >= 15 is 0 Å². The fourth-order valence-corrected chi connectivity index (χ4v) is 8.30. The molecule has 2 aromatic carbocycles. The number of rotatable bonds is 9. The van der Waals surface area contributed by atoms with Gasteiger partial charge in [-0.2, -0.15) is 0 Å². The summed E-state index contributed by atoms with van der Waals surface area (Å²) in [4.78, 5) is 35.9. The Kier molecular flexibility index (Phi) is 14.2. The van der Waals surface area contributed by atoms with Crippen molar-refractivity contribution in [2.75, 3.05) is 37.9 Å². The van der Waals surface area contributed by atoms with Crippen LogP contribution in [0.15, 0.2) is 51.1 Å². The van der Waals surface area contributed by atoms with Crippen LogP contribution in [0.1, 0.15) is 71.6 Å². The van der Waals surface area contributed by atoms with Crippen LogP contribution in [0.2, 0.25) is 0 Å². The van der Waals surface area contributed by atoms with Crippen molar-refractivity contribution >= 4 is 50.9 Å². The summed E-state index contributed by atoms with van der Waals surface area (Å²) in [5, 5.41) is 14.8. The standard InChI is InChI=1S/C24H32N2O3S2.C7H12O2.C2H2O4/c1-4-18-9-5-6-14-25(18)15-8-16-26-20-10-7-11-23(31(3,27)28)24(20)30-22-13-12-19(29-2)17-21(22)26;1-2-3-6-4-5-7(8)9-6;3-1(4)2(5)6/h7,10-13,17-18H,4-6,8-9,14-16H2,1-3H3;6H,2-5H2,1H3;(H,3,4)(H,5,6). The molecule has 46 heavy (non-hydrogen) atoms. The number of aliphatic carboxylic acids is 2. The lowest BCUT2D eigenvalue weighted by atomic mass is 10.00. The molecule has 0 aliphatic carbocycles. The van der Waals surface area contributed by atoms with Crippen LogP contribution in [0.25, 0.3) is 0 Å². The molecule has 254 valence electrons. The van der Waals surface area contributed by atoms with Crippen molar-refractivity contribution in [1.29, 1.82) is 0 Å². The Bertz CT molecular complexity index is 1450. The lowest BCUT2D eigenvalue weighted by Gasteiger charge is -2.37. The topological polar surface area (TPSA) is 151 Å². The van der Waals surface area contributed by atoms with Gasteiger partial charge in [-0.25, -0.2) is 18.0 Å². The molecular formula is C33H46N2O9S2. The molecule has 2 fully saturated rings. The zero-order valence-electron chi connectivity index (χ0n) is 27.1. The van der Waals surface area contributed by atoms with E-state index in [0.717, 1.165) is 65.7 Å². The maximum atomic E-state index is 12.5. The number of ether oxygens (including phenoxy) is 2. The van der Waals surface area contributed by atoms with Gasteiger partial charge in [0.1, 0.15) is 11.9 Å². The van der Waals surface area contributed by atoms with Crippen molar-refractivity contribution in [2.24, 2.45) is 0 Å². The molecule has 0 bridgehead atoms. The predicted molar refractivity (Wildman–Crippen MR) is 177 cm³/mol. The highest BCUT2D eigenvalue weighted by Gasteiger charge is 2.29. The fraction of sp³-hybridized carbons (Fsp3) is 0.545. The second-order valence-corrected chi connectivity index (χ2v) is 14.5. The summed E-state index contributed by atoms with van der Waals surface area (Å²) in [7, 11) is -1.63. The SMILES string of the molecule is CCC1CCCCN1CCCN1c2cc(OC)ccc2Sc2c1cccc2S(C)(=O)=O.CCCC1CCC(=O)O1.O=C(O)C(=O)O. The van der Waals surface area contributed by atoms with Gasteiger partial charge in [-0.1, -0.05) is 44.5 Å². The first-order valence-electron chi connectivity index (χ1n) is 15.8. The van der Waals surface area contributed by atoms with Gasteiger partial charge in [-0.3, -0.25) is 4.79 Å². The number of carboxylic acid groups (broad SMARTS) is 2. The summed E-state index contributed by atoms with van der Waals surface area (Å²) in [6.07, 6.45) is 11.4. The minimum atomic E-state index is -3.31. The van der Waals surface area contributed by atoms with Crippen LogP contribution in [0, 0.1) is 0 Å². The Labute approximate surface area is 276 Å². The number of piperidine rings is 1. The lowest BCUT2D eigenvalue weighted by Crippen LogP contribution is -2.40. The van der Waals surface area contributed by atoms with Gasteiger partial charge in [-0.05, 0) is 69.3 Å². The van der Waals surface area contributed by atoms with E-state index in [4.69, 9.17) is 29.3 Å². The molecular weight excluding hydrogens is 633 g/mol. The number of fused-ring (bicyclic) bond motifs is 2. The number of benzene rings is 2. The van der Waals surface area contributed by atoms with Gasteiger partial charge < -0.3 is 29.5 Å². The lowest BCUT2D eigenvalue weighted by molar-refractivity contribution is -0.159. The highest BCUT2D eigenvalue weighted by molar-refractivity contribution is 8.00. The van der Waals surface area contributed by atoms with Crippen molar-refractivity contribution in [3.05, 3.63) is 36.4 Å². The molecule has 2 saturated heterocycles. The predicted octanol–water partition coefficient (Wildman–Crippen LogP) is 6.00. The Hall–Kier alpha value is -3.29. The number of likely N-dealkylation sites (tertiary alicyclic amines) is 1. The summed E-state index contributed by atoms with van der Waals surface area (Å²) in [6.45, 7) is 7.49. The van der Waals surface area contributed by atoms with Crippen LogP contribution in [0.3, 0.4) is 0 Å². The highest BCUT2D eigenvalue weighted by Crippen LogP contribution is 2.51. The van der Waals surface area contributed by atoms with E-state index in [9.17, 15) is 13.2 Å². The number of hydrogen-bond acceptors (Lipinski definition) is 10. The molecule has 5 rings (SSSR count). The minimum absolute atomic E-state index is 0.0200. The molecule has 0 saturated carbocycles. The third kappa shape index (κ3) is 10.4. The molecule has 2 atom stereocenters. The second-order valence-electron chi connectivity index (χ2n) is 11.5. The summed E-state index contributed by atoms with van der Waals surface area (Å²) < 4.78 is 35.4. The molecule has 3 aliphatic heterocycles. The maximum absolute atomic E-state index is 12.5. The maximum Gasteiger partial charge on any atom is 0.414 e. The average molecular weight is 679 g/mol. The first kappa shape index (κ1) is 37.2. The summed E-state index contributed by atoms with van der Waals surface area (Å²) >= 11 is 1.54. The minimum Gasteiger partial charge on any atom is -0.497 e. The number of hydrogen-bond donors (Lipinski definition) is 2. The molecule has 11 nitrogen and oxygen atoms in total. The molecule has 2 N–H and O–H groups in total. The zero-order chi connectivity index (χ0) is 33.9. The van der Waals surface area contributed by atoms with Crippen molar-refractivity contribution in [2.45, 2.75) is 98.5 Å². The number of esters is 1. The van der Waals surface area contributed by atoms with Gasteiger partial charge in [-0.15, -0.1) is 0 Å². The van der Waals surface area contributed by atoms with E-state index in [0.29, 0.717) is 17.4 Å². The number of carboxylic acids is 2. The van der Waals surface area contributed by atoms with E-state index in [-0.39, 0.29) is 12.1 Å². The molecule has 3 aliphatic rings. The zero-order valence-corrected chi connectivity index (χ0v) is 28.7. The van der Waals surface area contributed by atoms with Crippen LogP contribution in [0.4, 0.5) is 11.4 Å². The van der Waals surface area contributed by atoms with Crippen molar-refractivity contribution in [3.63, 3.8) is 0 Å². The quantitative estimate of drug-likeness (QED) is 0.236. The third-order valence-corrected chi connectivity index (χ3v) is 10.6. The smallest absolute Gasteiger partial charge is 0.414 e. The van der Waals surface area contributed by atoms with Crippen LogP contribution in [0.5, 0.6) is 5.75 Å². The average Bonchev–Trinajstić information content (AvgIpc) is 3.45. The molecule has 3 heterocycles. The number of carbonyl (C=O) groups excluding carboxylic acids is 1. The van der Waals surface area contributed by atoms with E-state index in [1.165, 1.54) is 50.2 Å². The van der Waals surface area contributed by atoms with Gasteiger partial charge in [0.05, 0.1) is 28.3 Å². The normalized spacial score (nSPS) is 19.0. The second kappa shape index (κ2) is 17.6. The van der Waals surface area contributed by atoms with E-state index in [2.05, 4.69) is 29.7 Å². The number of nitrogens with zero attached hydrogens (tertiary/aromatic N) is 2. The molecule has 2 unspecified atom stereocenters. The number of methoxy groups -OCH3 is 1. The third-order valence-electron chi connectivity index (χ3n) is 8.13. The highest BCUT2D eigenvalue weighted by atomic mass is 32.2. The Morgan fingerprint density at radius 2 is 1.78 bits per heavy atom. The number of carbonyl (C=O) groups is 3. The van der Waals surface area contributed by atoms with Gasteiger partial charge >= 0.3 is 17.9 Å². The largest absolute Gasteiger partial charge is 0.497 e. The van der Waals surface area contributed by atoms with Crippen molar-refractivity contribution in [1.82, 2.24) is 4.90 Å². The first-order valence-corrected chi connectivity index (χ1v) is 18.5. The van der Waals surface area contributed by atoms with Crippen LogP contribution in [-0.4, -0.2) is 86.6 Å². The molecule has 0 amide bonds. The molecule has 2 aromatic rings. The summed E-state index contributed by atoms with van der Waals surface area (Å²) in [6, 6.07) is 12.3. The monoisotopic (exact) mass is 678 g/mol. The van der Waals surface area contributed by atoms with Gasteiger partial charge in [0, 0.05) is 42.8 Å². The van der Waals surface area contributed by atoms with Gasteiger partial charge in [0.25, 0.3) is 0 Å². The van der Waals surface area contributed by atoms with E-state index < -0.39 is 21.8 Å². The van der Waals surface area contributed by atoms with Crippen molar-refractivity contribution < 1.29 is 42.5 Å². The Morgan fingerprint density at radius 3 is 2.37 bits per heavy atom. The van der Waals surface area contributed by atoms with Crippen LogP contribution < -0.4 is 9.64 Å². The Balaban J connectivity index is 0.000000316. The van der Waals surface area contributed by atoms with Crippen molar-refractivity contribution in [3.8, 4) is 5.75 Å². The van der Waals surface area contributed by atoms with E-state index in [1.807, 2.05) is 24.3 Å². The van der Waals surface area contributed by atoms with E-state index in [1.54, 1.807) is 13.2 Å². The number of cyclic esters (lactones) is 1. The summed E-state index contributed by atoms with van der Waals surface area (Å²) in [5.41, 5.74) is 2.06. The van der Waals surface area contributed by atoms with Crippen LogP contribution in [-0.2, 0) is 29.0 Å². The molecule has 13 heteroatoms.